The highest BCUT2D eigenvalue weighted by atomic mass is 16.3. The Balaban J connectivity index is 2.76. The van der Waals surface area contributed by atoms with Gasteiger partial charge in [0.25, 0.3) is 0 Å². The first kappa shape index (κ1) is 8.89. The Bertz CT molecular complexity index is 464. The predicted octanol–water partition coefficient (Wildman–Crippen LogP) is -0.103. The van der Waals surface area contributed by atoms with Crippen LogP contribution in [-0.2, 0) is 13.7 Å². The lowest BCUT2D eigenvalue weighted by Crippen LogP contribution is -2.02. The van der Waals surface area contributed by atoms with E-state index in [1.807, 2.05) is 0 Å². The predicted molar refractivity (Wildman–Crippen MR) is 51.8 cm³/mol. The molecule has 2 aromatic heterocycles. The summed E-state index contributed by atoms with van der Waals surface area (Å²) in [5.41, 5.74) is 0.716. The van der Waals surface area contributed by atoms with Crippen molar-refractivity contribution in [2.75, 3.05) is 12.4 Å². The summed E-state index contributed by atoms with van der Waals surface area (Å²) >= 11 is 0. The Morgan fingerprint density at radius 3 is 2.93 bits per heavy atom. The third kappa shape index (κ3) is 1.20. The minimum atomic E-state index is -0.171. The monoisotopic (exact) mass is 193 g/mol. The largest absolute Gasteiger partial charge is 0.388 e. The molecule has 14 heavy (non-hydrogen) atoms. The average molecular weight is 193 g/mol. The van der Waals surface area contributed by atoms with Gasteiger partial charge in [0.2, 0.25) is 0 Å². The Hall–Kier alpha value is -1.69. The molecule has 0 radical (unpaired) electrons. The van der Waals surface area contributed by atoms with Crippen molar-refractivity contribution in [3.8, 4) is 0 Å². The normalized spacial score (nSPS) is 10.8. The third-order valence-electron chi connectivity index (χ3n) is 2.02. The second-order valence-corrected chi connectivity index (χ2v) is 2.90. The van der Waals surface area contributed by atoms with Crippen molar-refractivity contribution in [3.05, 3.63) is 12.0 Å². The van der Waals surface area contributed by atoms with E-state index in [1.54, 1.807) is 25.0 Å². The van der Waals surface area contributed by atoms with Gasteiger partial charge in [0.05, 0.1) is 11.6 Å². The van der Waals surface area contributed by atoms with E-state index in [-0.39, 0.29) is 6.61 Å². The molecular formula is C8H11N5O. The first-order valence-corrected chi connectivity index (χ1v) is 4.23. The molecule has 0 amide bonds. The van der Waals surface area contributed by atoms with Crippen LogP contribution in [0, 0.1) is 0 Å². The lowest BCUT2D eigenvalue weighted by atomic mass is 10.4. The summed E-state index contributed by atoms with van der Waals surface area (Å²) in [6.45, 7) is -0.171. The molecule has 0 atom stereocenters. The van der Waals surface area contributed by atoms with Crippen molar-refractivity contribution >= 4 is 16.9 Å². The molecule has 6 nitrogen and oxygen atoms in total. The van der Waals surface area contributed by atoms with E-state index < -0.39 is 0 Å². The number of aromatic nitrogens is 4. The van der Waals surface area contributed by atoms with Gasteiger partial charge in [-0.2, -0.15) is 5.10 Å². The van der Waals surface area contributed by atoms with Crippen LogP contribution in [0.4, 0.5) is 5.82 Å². The second kappa shape index (κ2) is 3.22. The van der Waals surface area contributed by atoms with Crippen LogP contribution in [0.15, 0.2) is 6.20 Å². The van der Waals surface area contributed by atoms with E-state index in [1.165, 1.54) is 0 Å². The standard InChI is InChI=1S/C8H11N5O/c1-9-7-5-3-10-13(2)8(5)12-6(4-14)11-7/h3,14H,4H2,1-2H3,(H,9,11,12). The van der Waals surface area contributed by atoms with Crippen LogP contribution < -0.4 is 5.32 Å². The molecule has 2 aromatic rings. The van der Waals surface area contributed by atoms with Gasteiger partial charge in [0, 0.05) is 14.1 Å². The molecule has 2 rings (SSSR count). The van der Waals surface area contributed by atoms with Gasteiger partial charge in [-0.1, -0.05) is 0 Å². The molecular weight excluding hydrogens is 182 g/mol. The van der Waals surface area contributed by atoms with E-state index in [2.05, 4.69) is 20.4 Å². The molecule has 0 bridgehead atoms. The summed E-state index contributed by atoms with van der Waals surface area (Å²) in [7, 11) is 3.58. The van der Waals surface area contributed by atoms with Gasteiger partial charge in [-0.25, -0.2) is 9.97 Å². The zero-order valence-electron chi connectivity index (χ0n) is 8.02. The topological polar surface area (TPSA) is 75.9 Å². The lowest BCUT2D eigenvalue weighted by Gasteiger charge is -2.03. The number of hydrogen-bond donors (Lipinski definition) is 2. The van der Waals surface area contributed by atoms with Crippen LogP contribution in [0.3, 0.4) is 0 Å². The van der Waals surface area contributed by atoms with E-state index in [0.717, 1.165) is 5.39 Å². The van der Waals surface area contributed by atoms with Gasteiger partial charge in [0.1, 0.15) is 12.4 Å². The Morgan fingerprint density at radius 1 is 1.50 bits per heavy atom. The quantitative estimate of drug-likeness (QED) is 0.696. The Labute approximate surface area is 80.6 Å². The smallest absolute Gasteiger partial charge is 0.163 e. The number of anilines is 1. The van der Waals surface area contributed by atoms with E-state index >= 15 is 0 Å². The number of aryl methyl sites for hydroxylation is 1. The number of hydrogen-bond acceptors (Lipinski definition) is 5. The second-order valence-electron chi connectivity index (χ2n) is 2.90. The van der Waals surface area contributed by atoms with Gasteiger partial charge >= 0.3 is 0 Å². The molecule has 0 aliphatic rings. The summed E-state index contributed by atoms with van der Waals surface area (Å²) in [5.74, 6) is 1.08. The van der Waals surface area contributed by atoms with Crippen molar-refractivity contribution in [1.82, 2.24) is 19.7 Å². The summed E-state index contributed by atoms with van der Waals surface area (Å²) < 4.78 is 1.65. The number of rotatable bonds is 2. The Morgan fingerprint density at radius 2 is 2.29 bits per heavy atom. The van der Waals surface area contributed by atoms with Gasteiger partial charge in [0.15, 0.2) is 11.5 Å². The molecule has 0 saturated carbocycles. The summed E-state index contributed by atoms with van der Waals surface area (Å²) in [5, 5.41) is 16.8. The molecule has 6 heteroatoms. The molecule has 74 valence electrons. The molecule has 0 fully saturated rings. The van der Waals surface area contributed by atoms with Crippen molar-refractivity contribution in [2.45, 2.75) is 6.61 Å². The molecule has 0 saturated heterocycles. The summed E-state index contributed by atoms with van der Waals surface area (Å²) in [4.78, 5) is 8.29. The van der Waals surface area contributed by atoms with Crippen LogP contribution in [0.2, 0.25) is 0 Å². The van der Waals surface area contributed by atoms with Gasteiger partial charge in [-0.3, -0.25) is 4.68 Å². The van der Waals surface area contributed by atoms with Crippen LogP contribution in [0.25, 0.3) is 11.0 Å². The van der Waals surface area contributed by atoms with Gasteiger partial charge < -0.3 is 10.4 Å². The first-order chi connectivity index (χ1) is 6.76. The number of aliphatic hydroxyl groups is 1. The Kier molecular flexibility index (Phi) is 2.05. The number of fused-ring (bicyclic) bond motifs is 1. The number of nitrogens with one attached hydrogen (secondary N) is 1. The van der Waals surface area contributed by atoms with Crippen molar-refractivity contribution in [3.63, 3.8) is 0 Å². The van der Waals surface area contributed by atoms with Crippen molar-refractivity contribution < 1.29 is 5.11 Å². The first-order valence-electron chi connectivity index (χ1n) is 4.23. The highest BCUT2D eigenvalue weighted by Gasteiger charge is 2.09. The number of nitrogens with zero attached hydrogens (tertiary/aromatic N) is 4. The van der Waals surface area contributed by atoms with Crippen molar-refractivity contribution in [1.29, 1.82) is 0 Å². The molecule has 0 aromatic carbocycles. The minimum absolute atomic E-state index is 0.171. The molecule has 2 N–H and O–H groups in total. The van der Waals surface area contributed by atoms with Crippen molar-refractivity contribution in [2.24, 2.45) is 7.05 Å². The molecule has 2 heterocycles. The lowest BCUT2D eigenvalue weighted by molar-refractivity contribution is 0.272. The van der Waals surface area contributed by atoms with E-state index in [0.29, 0.717) is 17.3 Å². The van der Waals surface area contributed by atoms with E-state index in [4.69, 9.17) is 5.11 Å². The van der Waals surface area contributed by atoms with Gasteiger partial charge in [-0.15, -0.1) is 0 Å². The fourth-order valence-corrected chi connectivity index (χ4v) is 1.33. The minimum Gasteiger partial charge on any atom is -0.388 e. The van der Waals surface area contributed by atoms with Crippen LogP contribution >= 0.6 is 0 Å². The average Bonchev–Trinajstić information content (AvgIpc) is 2.59. The molecule has 0 unspecified atom stereocenters. The highest BCUT2D eigenvalue weighted by molar-refractivity contribution is 5.86. The highest BCUT2D eigenvalue weighted by Crippen LogP contribution is 2.18. The van der Waals surface area contributed by atoms with E-state index in [9.17, 15) is 0 Å². The maximum atomic E-state index is 8.96. The molecule has 0 spiro atoms. The zero-order valence-corrected chi connectivity index (χ0v) is 8.02. The fraction of sp³-hybridized carbons (Fsp3) is 0.375. The summed E-state index contributed by atoms with van der Waals surface area (Å²) in [6.07, 6.45) is 1.70. The fourth-order valence-electron chi connectivity index (χ4n) is 1.33. The SMILES string of the molecule is CNc1nc(CO)nc2c1cnn2C. The summed E-state index contributed by atoms with van der Waals surface area (Å²) in [6, 6.07) is 0. The van der Waals surface area contributed by atoms with Crippen LogP contribution in [0.5, 0.6) is 0 Å². The molecule has 0 aliphatic carbocycles. The maximum absolute atomic E-state index is 8.96. The maximum Gasteiger partial charge on any atom is 0.163 e. The van der Waals surface area contributed by atoms with Crippen LogP contribution in [0.1, 0.15) is 5.82 Å². The zero-order chi connectivity index (χ0) is 10.1. The third-order valence-corrected chi connectivity index (χ3v) is 2.02. The number of aliphatic hydroxyl groups excluding tert-OH is 1. The van der Waals surface area contributed by atoms with Gasteiger partial charge in [-0.05, 0) is 0 Å². The van der Waals surface area contributed by atoms with Crippen LogP contribution in [-0.4, -0.2) is 31.9 Å². The molecule has 0 aliphatic heterocycles.